The van der Waals surface area contributed by atoms with E-state index >= 15 is 0 Å². The molecule has 1 atom stereocenters. The monoisotopic (exact) mass is 172 g/mol. The molecule has 0 aliphatic rings. The lowest BCUT2D eigenvalue weighted by atomic mass is 10.1. The van der Waals surface area contributed by atoms with E-state index in [0.29, 0.717) is 6.04 Å². The highest BCUT2D eigenvalue weighted by Crippen LogP contribution is 2.00. The lowest BCUT2D eigenvalue weighted by Crippen LogP contribution is -2.43. The number of hydrogen-bond acceptors (Lipinski definition) is 2. The van der Waals surface area contributed by atoms with E-state index in [9.17, 15) is 0 Å². The van der Waals surface area contributed by atoms with Crippen molar-refractivity contribution >= 4 is 0 Å². The van der Waals surface area contributed by atoms with Gasteiger partial charge in [0.2, 0.25) is 0 Å². The Bertz CT molecular complexity index is 89.8. The van der Waals surface area contributed by atoms with Crippen LogP contribution in [0.1, 0.15) is 47.0 Å². The second-order valence-corrected chi connectivity index (χ2v) is 3.34. The van der Waals surface area contributed by atoms with Gasteiger partial charge >= 0.3 is 0 Å². The van der Waals surface area contributed by atoms with Gasteiger partial charge in [-0.1, -0.05) is 33.6 Å². The summed E-state index contributed by atoms with van der Waals surface area (Å²) in [5.74, 6) is 0. The molecule has 2 nitrogen and oxygen atoms in total. The number of rotatable bonds is 7. The van der Waals surface area contributed by atoms with Crippen molar-refractivity contribution in [3.05, 3.63) is 0 Å². The Hall–Kier alpha value is -0.0800. The van der Waals surface area contributed by atoms with E-state index in [-0.39, 0.29) is 0 Å². The van der Waals surface area contributed by atoms with Crippen molar-refractivity contribution in [3.63, 3.8) is 0 Å². The van der Waals surface area contributed by atoms with Gasteiger partial charge in [-0.05, 0) is 13.3 Å². The number of hydrazine groups is 1. The molecule has 0 aliphatic carbocycles. The summed E-state index contributed by atoms with van der Waals surface area (Å²) < 4.78 is 0. The highest BCUT2D eigenvalue weighted by Gasteiger charge is 2.03. The average Bonchev–Trinajstić information content (AvgIpc) is 2.10. The summed E-state index contributed by atoms with van der Waals surface area (Å²) >= 11 is 0. The van der Waals surface area contributed by atoms with E-state index in [1.807, 2.05) is 0 Å². The summed E-state index contributed by atoms with van der Waals surface area (Å²) in [5, 5.41) is 2.26. The Morgan fingerprint density at radius 2 is 1.75 bits per heavy atom. The predicted octanol–water partition coefficient (Wildman–Crippen LogP) is 2.41. The van der Waals surface area contributed by atoms with Gasteiger partial charge in [0.25, 0.3) is 0 Å². The summed E-state index contributed by atoms with van der Waals surface area (Å²) in [6.45, 7) is 11.0. The topological polar surface area (TPSA) is 15.3 Å². The molecule has 1 unspecified atom stereocenters. The lowest BCUT2D eigenvalue weighted by Gasteiger charge is -2.24. The molecule has 0 saturated carbocycles. The van der Waals surface area contributed by atoms with E-state index < -0.39 is 0 Å². The average molecular weight is 172 g/mol. The Kier molecular flexibility index (Phi) is 7.51. The molecule has 0 amide bonds. The van der Waals surface area contributed by atoms with Crippen molar-refractivity contribution in [2.24, 2.45) is 0 Å². The zero-order valence-electron chi connectivity index (χ0n) is 9.06. The fraction of sp³-hybridized carbons (Fsp3) is 1.00. The number of nitrogens with one attached hydrogen (secondary N) is 1. The highest BCUT2D eigenvalue weighted by atomic mass is 15.5. The van der Waals surface area contributed by atoms with Crippen LogP contribution >= 0.6 is 0 Å². The van der Waals surface area contributed by atoms with Crippen LogP contribution in [-0.2, 0) is 0 Å². The standard InChI is InChI=1S/C10H24N2/c1-5-8-9-10(4)11-12(6-2)7-3/h10-11H,5-9H2,1-4H3. The van der Waals surface area contributed by atoms with Gasteiger partial charge < -0.3 is 0 Å². The maximum absolute atomic E-state index is 3.48. The Morgan fingerprint density at radius 3 is 2.17 bits per heavy atom. The number of hydrogen-bond donors (Lipinski definition) is 1. The third kappa shape index (κ3) is 5.56. The minimum atomic E-state index is 0.629. The van der Waals surface area contributed by atoms with E-state index in [4.69, 9.17) is 0 Å². The lowest BCUT2D eigenvalue weighted by molar-refractivity contribution is 0.175. The van der Waals surface area contributed by atoms with Crippen LogP contribution < -0.4 is 5.43 Å². The molecular weight excluding hydrogens is 148 g/mol. The van der Waals surface area contributed by atoms with Crippen LogP contribution in [0, 0.1) is 0 Å². The van der Waals surface area contributed by atoms with E-state index in [1.165, 1.54) is 19.3 Å². The van der Waals surface area contributed by atoms with Gasteiger partial charge in [-0.25, -0.2) is 5.01 Å². The Morgan fingerprint density at radius 1 is 1.17 bits per heavy atom. The zero-order valence-corrected chi connectivity index (χ0v) is 9.06. The number of unbranched alkanes of at least 4 members (excludes halogenated alkanes) is 1. The van der Waals surface area contributed by atoms with Gasteiger partial charge in [-0.3, -0.25) is 5.43 Å². The fourth-order valence-electron chi connectivity index (χ4n) is 1.29. The van der Waals surface area contributed by atoms with Crippen molar-refractivity contribution < 1.29 is 0 Å². The largest absolute Gasteiger partial charge is 0.252 e. The first-order valence-corrected chi connectivity index (χ1v) is 5.25. The van der Waals surface area contributed by atoms with Crippen LogP contribution in [0.2, 0.25) is 0 Å². The minimum Gasteiger partial charge on any atom is -0.252 e. The van der Waals surface area contributed by atoms with Crippen LogP contribution in [0.25, 0.3) is 0 Å². The van der Waals surface area contributed by atoms with Crippen LogP contribution in [0.3, 0.4) is 0 Å². The second kappa shape index (κ2) is 7.56. The summed E-state index contributed by atoms with van der Waals surface area (Å²) in [6, 6.07) is 0.629. The highest BCUT2D eigenvalue weighted by molar-refractivity contribution is 4.58. The first-order valence-electron chi connectivity index (χ1n) is 5.25. The van der Waals surface area contributed by atoms with Crippen molar-refractivity contribution in [3.8, 4) is 0 Å². The molecule has 1 N–H and O–H groups in total. The molecule has 12 heavy (non-hydrogen) atoms. The summed E-state index contributed by atoms with van der Waals surface area (Å²) in [7, 11) is 0. The van der Waals surface area contributed by atoms with Crippen LogP contribution in [0.15, 0.2) is 0 Å². The molecule has 0 spiro atoms. The van der Waals surface area contributed by atoms with Crippen molar-refractivity contribution in [1.82, 2.24) is 10.4 Å². The molecule has 0 aromatic heterocycles. The smallest absolute Gasteiger partial charge is 0.0187 e. The summed E-state index contributed by atoms with van der Waals surface area (Å²) in [5.41, 5.74) is 3.48. The molecule has 0 rings (SSSR count). The first-order chi connectivity index (χ1) is 5.74. The van der Waals surface area contributed by atoms with Crippen molar-refractivity contribution in [2.75, 3.05) is 13.1 Å². The van der Waals surface area contributed by atoms with Gasteiger partial charge in [-0.15, -0.1) is 0 Å². The maximum atomic E-state index is 3.48. The molecule has 0 aromatic carbocycles. The molecule has 74 valence electrons. The second-order valence-electron chi connectivity index (χ2n) is 3.34. The molecule has 0 radical (unpaired) electrons. The van der Waals surface area contributed by atoms with Gasteiger partial charge in [-0.2, -0.15) is 0 Å². The van der Waals surface area contributed by atoms with Crippen LogP contribution in [0.5, 0.6) is 0 Å². The SMILES string of the molecule is CCCCC(C)NN(CC)CC. The number of nitrogens with zero attached hydrogens (tertiary/aromatic N) is 1. The fourth-order valence-corrected chi connectivity index (χ4v) is 1.29. The molecule has 0 fully saturated rings. The third-order valence-electron chi connectivity index (χ3n) is 2.16. The summed E-state index contributed by atoms with van der Waals surface area (Å²) in [6.07, 6.45) is 3.91. The molecule has 0 bridgehead atoms. The van der Waals surface area contributed by atoms with Gasteiger partial charge in [0.1, 0.15) is 0 Å². The van der Waals surface area contributed by atoms with E-state index in [0.717, 1.165) is 13.1 Å². The molecule has 0 aromatic rings. The van der Waals surface area contributed by atoms with Gasteiger partial charge in [0, 0.05) is 19.1 Å². The molecule has 0 heterocycles. The third-order valence-corrected chi connectivity index (χ3v) is 2.16. The van der Waals surface area contributed by atoms with Crippen molar-refractivity contribution in [2.45, 2.75) is 53.0 Å². The molecule has 0 saturated heterocycles. The van der Waals surface area contributed by atoms with Gasteiger partial charge in [0.15, 0.2) is 0 Å². The molecular formula is C10H24N2. The van der Waals surface area contributed by atoms with Gasteiger partial charge in [0.05, 0.1) is 0 Å². The van der Waals surface area contributed by atoms with Crippen LogP contribution in [-0.4, -0.2) is 24.1 Å². The minimum absolute atomic E-state index is 0.629. The Balaban J connectivity index is 3.44. The normalized spacial score (nSPS) is 13.8. The molecule has 0 aliphatic heterocycles. The quantitative estimate of drug-likeness (QED) is 0.593. The van der Waals surface area contributed by atoms with Crippen LogP contribution in [0.4, 0.5) is 0 Å². The van der Waals surface area contributed by atoms with E-state index in [1.54, 1.807) is 0 Å². The maximum Gasteiger partial charge on any atom is 0.0187 e. The van der Waals surface area contributed by atoms with Crippen molar-refractivity contribution in [1.29, 1.82) is 0 Å². The summed E-state index contributed by atoms with van der Waals surface area (Å²) in [4.78, 5) is 0. The first kappa shape index (κ1) is 11.9. The van der Waals surface area contributed by atoms with E-state index in [2.05, 4.69) is 38.1 Å². The predicted molar refractivity (Wildman–Crippen MR) is 55.0 cm³/mol. The molecule has 2 heteroatoms. The Labute approximate surface area is 77.3 Å². The zero-order chi connectivity index (χ0) is 9.40.